The summed E-state index contributed by atoms with van der Waals surface area (Å²) in [7, 11) is 0. The Labute approximate surface area is 104 Å². The average Bonchev–Trinajstić information content (AvgIpc) is 2.86. The van der Waals surface area contributed by atoms with E-state index in [9.17, 15) is 9.59 Å². The summed E-state index contributed by atoms with van der Waals surface area (Å²) in [5.41, 5.74) is 0. The van der Waals surface area contributed by atoms with Crippen molar-refractivity contribution in [2.24, 2.45) is 11.8 Å². The third-order valence-corrected chi connectivity index (χ3v) is 4.36. The molecule has 1 aliphatic heterocycles. The van der Waals surface area contributed by atoms with Crippen molar-refractivity contribution in [1.29, 1.82) is 0 Å². The van der Waals surface area contributed by atoms with Gasteiger partial charge in [-0.1, -0.05) is 13.8 Å². The summed E-state index contributed by atoms with van der Waals surface area (Å²) in [5.74, 6) is 0.00613. The van der Waals surface area contributed by atoms with Crippen molar-refractivity contribution >= 4 is 23.2 Å². The van der Waals surface area contributed by atoms with E-state index in [1.54, 1.807) is 6.07 Å². The predicted octanol–water partition coefficient (Wildman–Crippen LogP) is 2.17. The number of carbonyl (C=O) groups is 2. The third-order valence-electron chi connectivity index (χ3n) is 3.30. The van der Waals surface area contributed by atoms with Gasteiger partial charge >= 0.3 is 5.97 Å². The summed E-state index contributed by atoms with van der Waals surface area (Å²) in [4.78, 5) is 25.4. The lowest BCUT2D eigenvalue weighted by atomic mass is 10.0. The molecular weight excluding hydrogens is 238 g/mol. The van der Waals surface area contributed by atoms with Gasteiger partial charge in [0.15, 0.2) is 0 Å². The number of carbonyl (C=O) groups excluding carboxylic acids is 1. The fourth-order valence-corrected chi connectivity index (χ4v) is 2.83. The summed E-state index contributed by atoms with van der Waals surface area (Å²) in [6, 6.07) is 3.09. The molecule has 2 heterocycles. The lowest BCUT2D eigenvalue weighted by Gasteiger charge is -2.14. The molecule has 17 heavy (non-hydrogen) atoms. The van der Waals surface area contributed by atoms with Gasteiger partial charge in [-0.05, 0) is 24.0 Å². The molecule has 2 rings (SSSR count). The summed E-state index contributed by atoms with van der Waals surface area (Å²) in [5, 5.41) is 8.81. The first-order chi connectivity index (χ1) is 7.99. The van der Waals surface area contributed by atoms with Crippen molar-refractivity contribution in [3.05, 3.63) is 21.9 Å². The average molecular weight is 253 g/mol. The number of thiophene rings is 1. The van der Waals surface area contributed by atoms with E-state index in [1.165, 1.54) is 6.07 Å². The summed E-state index contributed by atoms with van der Waals surface area (Å²) in [6.45, 7) is 5.80. The number of amides is 1. The van der Waals surface area contributed by atoms with Gasteiger partial charge in [0.05, 0.1) is 4.88 Å². The molecule has 1 aliphatic rings. The van der Waals surface area contributed by atoms with E-state index in [4.69, 9.17) is 5.11 Å². The second-order valence-electron chi connectivity index (χ2n) is 4.63. The number of hydrogen-bond acceptors (Lipinski definition) is 3. The van der Waals surface area contributed by atoms with E-state index in [2.05, 4.69) is 13.8 Å². The van der Waals surface area contributed by atoms with Crippen LogP contribution in [0.2, 0.25) is 0 Å². The van der Waals surface area contributed by atoms with Gasteiger partial charge in [-0.25, -0.2) is 4.79 Å². The SMILES string of the molecule is CC1CN(C(=O)c2ccc(C(=O)O)s2)CC1C. The Morgan fingerprint density at radius 3 is 2.24 bits per heavy atom. The maximum absolute atomic E-state index is 12.1. The van der Waals surface area contributed by atoms with Crippen molar-refractivity contribution in [2.45, 2.75) is 13.8 Å². The van der Waals surface area contributed by atoms with Crippen LogP contribution in [0.5, 0.6) is 0 Å². The molecule has 0 spiro atoms. The van der Waals surface area contributed by atoms with Crippen LogP contribution in [-0.4, -0.2) is 35.0 Å². The van der Waals surface area contributed by atoms with Crippen LogP contribution in [0.15, 0.2) is 12.1 Å². The molecule has 1 saturated heterocycles. The van der Waals surface area contributed by atoms with Gasteiger partial charge in [-0.2, -0.15) is 0 Å². The zero-order valence-electron chi connectivity index (χ0n) is 9.84. The van der Waals surface area contributed by atoms with Gasteiger partial charge in [-0.15, -0.1) is 11.3 Å². The van der Waals surface area contributed by atoms with Gasteiger partial charge in [0.2, 0.25) is 0 Å². The van der Waals surface area contributed by atoms with Crippen LogP contribution in [-0.2, 0) is 0 Å². The van der Waals surface area contributed by atoms with Crippen molar-refractivity contribution in [3.63, 3.8) is 0 Å². The maximum Gasteiger partial charge on any atom is 0.345 e. The Bertz CT molecular complexity index is 444. The Morgan fingerprint density at radius 2 is 1.76 bits per heavy atom. The minimum atomic E-state index is -0.975. The number of carboxylic acid groups (broad SMARTS) is 1. The molecule has 1 fully saturated rings. The summed E-state index contributed by atoms with van der Waals surface area (Å²) >= 11 is 1.05. The van der Waals surface area contributed by atoms with Crippen LogP contribution in [0.3, 0.4) is 0 Å². The highest BCUT2D eigenvalue weighted by Gasteiger charge is 2.30. The normalized spacial score (nSPS) is 24.0. The van der Waals surface area contributed by atoms with Crippen molar-refractivity contribution in [1.82, 2.24) is 4.90 Å². The van der Waals surface area contributed by atoms with Gasteiger partial charge in [0.1, 0.15) is 4.88 Å². The van der Waals surface area contributed by atoms with Crippen LogP contribution >= 0.6 is 11.3 Å². The Morgan fingerprint density at radius 1 is 1.24 bits per heavy atom. The zero-order valence-corrected chi connectivity index (χ0v) is 10.7. The molecule has 2 unspecified atom stereocenters. The molecule has 0 bridgehead atoms. The standard InChI is InChI=1S/C12H15NO3S/c1-7-5-13(6-8(7)2)11(14)9-3-4-10(17-9)12(15)16/h3-4,7-8H,5-6H2,1-2H3,(H,15,16). The second kappa shape index (κ2) is 4.49. The van der Waals surface area contributed by atoms with Crippen molar-refractivity contribution in [2.75, 3.05) is 13.1 Å². The van der Waals surface area contributed by atoms with E-state index in [-0.39, 0.29) is 10.8 Å². The number of rotatable bonds is 2. The number of carboxylic acids is 1. The first-order valence-corrected chi connectivity index (χ1v) is 6.43. The molecule has 92 valence electrons. The molecule has 0 aliphatic carbocycles. The van der Waals surface area contributed by atoms with Crippen molar-refractivity contribution < 1.29 is 14.7 Å². The van der Waals surface area contributed by atoms with Crippen LogP contribution in [0, 0.1) is 11.8 Å². The lowest BCUT2D eigenvalue weighted by Crippen LogP contribution is -2.28. The summed E-state index contributed by atoms with van der Waals surface area (Å²) in [6.07, 6.45) is 0. The molecule has 1 aromatic heterocycles. The topological polar surface area (TPSA) is 57.6 Å². The van der Waals surface area contributed by atoms with Crippen LogP contribution in [0.25, 0.3) is 0 Å². The minimum Gasteiger partial charge on any atom is -0.477 e. The van der Waals surface area contributed by atoms with E-state index < -0.39 is 5.97 Å². The maximum atomic E-state index is 12.1. The number of hydrogen-bond donors (Lipinski definition) is 1. The fraction of sp³-hybridized carbons (Fsp3) is 0.500. The lowest BCUT2D eigenvalue weighted by molar-refractivity contribution is 0.0701. The number of likely N-dealkylation sites (tertiary alicyclic amines) is 1. The summed E-state index contributed by atoms with van der Waals surface area (Å²) < 4.78 is 0. The Hall–Kier alpha value is -1.36. The number of aromatic carboxylic acids is 1. The smallest absolute Gasteiger partial charge is 0.345 e. The molecule has 1 amide bonds. The monoisotopic (exact) mass is 253 g/mol. The molecule has 5 heteroatoms. The molecule has 0 saturated carbocycles. The van der Waals surface area contributed by atoms with Gasteiger partial charge < -0.3 is 10.0 Å². The van der Waals surface area contributed by atoms with Gasteiger partial charge in [0.25, 0.3) is 5.91 Å². The van der Waals surface area contributed by atoms with Crippen molar-refractivity contribution in [3.8, 4) is 0 Å². The minimum absolute atomic E-state index is 0.0429. The molecule has 1 aromatic rings. The van der Waals surface area contributed by atoms with Gasteiger partial charge in [0, 0.05) is 13.1 Å². The first-order valence-electron chi connectivity index (χ1n) is 5.61. The molecule has 0 radical (unpaired) electrons. The van der Waals surface area contributed by atoms with E-state index in [0.29, 0.717) is 16.7 Å². The van der Waals surface area contributed by atoms with Gasteiger partial charge in [-0.3, -0.25) is 4.79 Å². The van der Waals surface area contributed by atoms with Crippen LogP contribution in [0.4, 0.5) is 0 Å². The van der Waals surface area contributed by atoms with Crippen LogP contribution in [0.1, 0.15) is 33.2 Å². The van der Waals surface area contributed by atoms with Crippen LogP contribution < -0.4 is 0 Å². The highest BCUT2D eigenvalue weighted by atomic mass is 32.1. The van der Waals surface area contributed by atoms with E-state index >= 15 is 0 Å². The quantitative estimate of drug-likeness (QED) is 0.878. The van der Waals surface area contributed by atoms with E-state index in [1.807, 2.05) is 4.90 Å². The molecule has 4 nitrogen and oxygen atoms in total. The molecular formula is C12H15NO3S. The predicted molar refractivity (Wildman–Crippen MR) is 65.5 cm³/mol. The Balaban J connectivity index is 2.12. The van der Waals surface area contributed by atoms with E-state index in [0.717, 1.165) is 24.4 Å². The third kappa shape index (κ3) is 2.34. The molecule has 1 N–H and O–H groups in total. The Kier molecular flexibility index (Phi) is 3.19. The second-order valence-corrected chi connectivity index (χ2v) is 5.72. The number of nitrogens with zero attached hydrogens (tertiary/aromatic N) is 1. The highest BCUT2D eigenvalue weighted by molar-refractivity contribution is 7.15. The first kappa shape index (κ1) is 12.1. The highest BCUT2D eigenvalue weighted by Crippen LogP contribution is 2.26. The zero-order chi connectivity index (χ0) is 12.6. The fourth-order valence-electron chi connectivity index (χ4n) is 2.02. The largest absolute Gasteiger partial charge is 0.477 e. The molecule has 0 aromatic carbocycles. The molecule has 2 atom stereocenters.